The Labute approximate surface area is 342 Å². The van der Waals surface area contributed by atoms with Crippen LogP contribution in [-0.4, -0.2) is 118 Å². The highest BCUT2D eigenvalue weighted by atomic mass is 16.5. The zero-order valence-corrected chi connectivity index (χ0v) is 34.1. The molecule has 9 rings (SSSR count). The van der Waals surface area contributed by atoms with Crippen molar-refractivity contribution in [1.82, 2.24) is 14.8 Å². The number of benzene rings is 2. The molecule has 1 saturated carbocycles. The zero-order valence-electron chi connectivity index (χ0n) is 34.1. The molecule has 3 aromatic rings. The summed E-state index contributed by atoms with van der Waals surface area (Å²) in [6.07, 6.45) is 5.33. The van der Waals surface area contributed by atoms with Gasteiger partial charge in [-0.15, -0.1) is 0 Å². The lowest BCUT2D eigenvalue weighted by Gasteiger charge is -2.62. The van der Waals surface area contributed by atoms with Crippen LogP contribution in [0.25, 0.3) is 10.9 Å². The van der Waals surface area contributed by atoms with E-state index in [2.05, 4.69) is 42.6 Å². The first-order valence-electron chi connectivity index (χ1n) is 20.8. The van der Waals surface area contributed by atoms with Gasteiger partial charge in [0.05, 0.1) is 37.3 Å². The molecule has 7 N–H and O–H groups in total. The van der Waals surface area contributed by atoms with Gasteiger partial charge in [0, 0.05) is 71.3 Å². The first kappa shape index (κ1) is 39.7. The maximum absolute atomic E-state index is 14.1. The summed E-state index contributed by atoms with van der Waals surface area (Å²) >= 11 is 0. The van der Waals surface area contributed by atoms with Crippen molar-refractivity contribution in [3.8, 4) is 5.75 Å². The van der Waals surface area contributed by atoms with Gasteiger partial charge < -0.3 is 35.5 Å². The molecule has 16 heteroatoms. The SMILES string of the molecule is CC[C@]1(O)CC2CN(CCc3c([nH]c4ccccc34)[C@@](CC(=O)OC)(c3cc4c(cc3OC)N(/N=N/N=N)[C@H]3[C@@](O)(C(N)=O)[C@H](O)[C@]5(CC)C=CCN6CC[C@]43[C@@H]65)C2)C1. The van der Waals surface area contributed by atoms with Crippen LogP contribution in [0.4, 0.5) is 5.69 Å². The number of amides is 1. The number of ether oxygens (including phenoxy) is 2. The largest absolute Gasteiger partial charge is 0.496 e. The van der Waals surface area contributed by atoms with E-state index in [0.29, 0.717) is 81.7 Å². The van der Waals surface area contributed by atoms with Crippen LogP contribution in [0, 0.1) is 16.9 Å². The molecule has 6 aliphatic rings. The van der Waals surface area contributed by atoms with Gasteiger partial charge >= 0.3 is 5.97 Å². The van der Waals surface area contributed by atoms with Crippen molar-refractivity contribution in [3.05, 3.63) is 70.9 Å². The fourth-order valence-corrected chi connectivity index (χ4v) is 13.1. The van der Waals surface area contributed by atoms with Gasteiger partial charge in [-0.25, -0.2) is 5.01 Å². The summed E-state index contributed by atoms with van der Waals surface area (Å²) in [7, 11) is 2.96. The second-order valence-corrected chi connectivity index (χ2v) is 17.9. The first-order chi connectivity index (χ1) is 28.3. The number of nitrogens with zero attached hydrogens (tertiary/aromatic N) is 6. The van der Waals surface area contributed by atoms with Crippen molar-refractivity contribution in [2.24, 2.45) is 32.7 Å². The van der Waals surface area contributed by atoms with E-state index >= 15 is 0 Å². The van der Waals surface area contributed by atoms with Gasteiger partial charge in [-0.05, 0) is 89.9 Å². The third kappa shape index (κ3) is 5.32. The van der Waals surface area contributed by atoms with E-state index in [0.717, 1.165) is 34.3 Å². The van der Waals surface area contributed by atoms with Crippen LogP contribution in [0.1, 0.15) is 74.8 Å². The van der Waals surface area contributed by atoms with Gasteiger partial charge in [0.25, 0.3) is 5.91 Å². The Morgan fingerprint density at radius 2 is 1.86 bits per heavy atom. The summed E-state index contributed by atoms with van der Waals surface area (Å²) in [6, 6.07) is 10.4. The fourth-order valence-electron chi connectivity index (χ4n) is 13.1. The number of rotatable bonds is 9. The Hall–Kier alpha value is -4.74. The standard InChI is InChI=1S/C43H55N9O7/c1-5-39(56)20-25-21-41(22-33(53)59-4,34-27(12-16-50(23-25)24-39)26-10-7-8-11-30(26)46-34)29-18-28-31(19-32(29)58-3)52(49-48-47-45)36-42(28)14-17-51-15-9-13-40(6-2,35(42)51)37(54)43(36,57)38(44)55/h7-11,13,18-19,25,35-37,45-46,54,56-57H,5-6,12,14-17,20-24H2,1-4H3,(H2,44,55)/b47-45?,49-48+/t25?,35-,36+,37+,39-,40+,41-,42+,43-/m0/s1. The number of carbonyl (C=O) groups is 2. The van der Waals surface area contributed by atoms with E-state index in [4.69, 9.17) is 20.7 Å². The van der Waals surface area contributed by atoms with Gasteiger partial charge in [0.1, 0.15) is 17.9 Å². The predicted octanol–water partition coefficient (Wildman–Crippen LogP) is 3.81. The van der Waals surface area contributed by atoms with Gasteiger partial charge in [0.2, 0.25) is 0 Å². The summed E-state index contributed by atoms with van der Waals surface area (Å²) < 4.78 is 11.9. The zero-order chi connectivity index (χ0) is 41.7. The second kappa shape index (κ2) is 13.9. The maximum atomic E-state index is 14.1. The smallest absolute Gasteiger partial charge is 0.306 e. The Morgan fingerprint density at radius 3 is 2.58 bits per heavy atom. The minimum absolute atomic E-state index is 0.0495. The van der Waals surface area contributed by atoms with E-state index in [1.165, 1.54) is 12.1 Å². The van der Waals surface area contributed by atoms with Crippen LogP contribution >= 0.6 is 0 Å². The number of aromatic nitrogens is 1. The second-order valence-electron chi connectivity index (χ2n) is 17.9. The summed E-state index contributed by atoms with van der Waals surface area (Å²) in [5.74, 6) is -1.16. The summed E-state index contributed by atoms with van der Waals surface area (Å²) in [5.41, 5.74) is 11.8. The van der Waals surface area contributed by atoms with Crippen LogP contribution in [0.5, 0.6) is 5.75 Å². The first-order valence-corrected chi connectivity index (χ1v) is 20.8. The van der Waals surface area contributed by atoms with Crippen LogP contribution in [0.3, 0.4) is 0 Å². The molecule has 3 fully saturated rings. The number of para-hydroxylation sites is 1. The van der Waals surface area contributed by atoms with Gasteiger partial charge in [0.15, 0.2) is 5.60 Å². The average molecular weight is 810 g/mol. The van der Waals surface area contributed by atoms with Gasteiger partial charge in [-0.3, -0.25) is 19.4 Å². The number of esters is 1. The van der Waals surface area contributed by atoms with Crippen molar-refractivity contribution in [2.45, 2.75) is 99.0 Å². The summed E-state index contributed by atoms with van der Waals surface area (Å²) in [5, 5.41) is 51.0. The predicted molar refractivity (Wildman–Crippen MR) is 217 cm³/mol. The van der Waals surface area contributed by atoms with E-state index in [1.807, 2.05) is 50.3 Å². The third-order valence-electron chi connectivity index (χ3n) is 15.4. The third-order valence-corrected chi connectivity index (χ3v) is 15.4. The molecule has 1 spiro atoms. The molecule has 2 aromatic carbocycles. The number of aliphatic hydroxyl groups is 3. The van der Waals surface area contributed by atoms with Crippen LogP contribution in [0.15, 0.2) is 64.2 Å². The van der Waals surface area contributed by atoms with Crippen molar-refractivity contribution in [1.29, 1.82) is 5.53 Å². The van der Waals surface area contributed by atoms with E-state index < -0.39 is 57.5 Å². The highest BCUT2D eigenvalue weighted by Crippen LogP contribution is 2.68. The molecule has 16 nitrogen and oxygen atoms in total. The van der Waals surface area contributed by atoms with Crippen molar-refractivity contribution >= 4 is 28.5 Å². The van der Waals surface area contributed by atoms with E-state index in [-0.39, 0.29) is 12.3 Å². The number of fused-ring (bicyclic) bond motifs is 6. The number of anilines is 1. The maximum Gasteiger partial charge on any atom is 0.306 e. The minimum atomic E-state index is -2.54. The van der Waals surface area contributed by atoms with Crippen LogP contribution < -0.4 is 15.5 Å². The molecular weight excluding hydrogens is 755 g/mol. The lowest BCUT2D eigenvalue weighted by molar-refractivity contribution is -0.201. The number of primary amides is 1. The topological polar surface area (TPSA) is 226 Å². The number of aliphatic hydroxyl groups excluding tert-OH is 1. The molecule has 10 atom stereocenters. The lowest BCUT2D eigenvalue weighted by Crippen LogP contribution is -2.81. The number of aromatic amines is 1. The van der Waals surface area contributed by atoms with Crippen molar-refractivity contribution in [3.63, 3.8) is 0 Å². The Kier molecular flexibility index (Phi) is 9.36. The Bertz CT molecular complexity index is 2280. The fraction of sp³-hybridized carbons (Fsp3) is 0.581. The minimum Gasteiger partial charge on any atom is -0.496 e. The highest BCUT2D eigenvalue weighted by Gasteiger charge is 2.79. The lowest BCUT2D eigenvalue weighted by atomic mass is 9.47. The van der Waals surface area contributed by atoms with E-state index in [9.17, 15) is 24.9 Å². The number of nitrogens with two attached hydrogens (primary N) is 1. The molecule has 2 unspecified atom stereocenters. The summed E-state index contributed by atoms with van der Waals surface area (Å²) in [6.45, 7) is 7.13. The quantitative estimate of drug-likeness (QED) is 0.0794. The number of piperidine rings is 1. The average Bonchev–Trinajstić information content (AvgIpc) is 3.91. The number of H-pyrrole nitrogens is 1. The number of hydrogen-bond donors (Lipinski definition) is 6. The number of hydrogen-bond acceptors (Lipinski definition) is 11. The Balaban J connectivity index is 1.39. The monoisotopic (exact) mass is 809 g/mol. The normalized spacial score (nSPS) is 37.2. The number of carbonyl (C=O) groups excluding carboxylic acids is 2. The molecule has 2 saturated heterocycles. The number of nitrogens with one attached hydrogen (secondary N) is 2. The van der Waals surface area contributed by atoms with E-state index in [1.54, 1.807) is 7.11 Å². The molecule has 1 aliphatic carbocycles. The molecule has 0 radical (unpaired) electrons. The van der Waals surface area contributed by atoms with Crippen LogP contribution in [-0.2, 0) is 31.6 Å². The highest BCUT2D eigenvalue weighted by molar-refractivity contribution is 5.90. The molecule has 314 valence electrons. The molecular formula is C43H55N9O7. The molecule has 1 aromatic heterocycles. The molecule has 6 heterocycles. The molecule has 1 amide bonds. The van der Waals surface area contributed by atoms with Crippen molar-refractivity contribution < 1.29 is 34.4 Å². The van der Waals surface area contributed by atoms with Gasteiger partial charge in [-0.1, -0.05) is 44.2 Å². The molecule has 2 bridgehead atoms. The number of methoxy groups -OCH3 is 2. The van der Waals surface area contributed by atoms with Crippen LogP contribution in [0.2, 0.25) is 0 Å². The Morgan fingerprint density at radius 1 is 1.07 bits per heavy atom. The molecule has 59 heavy (non-hydrogen) atoms. The molecule has 5 aliphatic heterocycles. The van der Waals surface area contributed by atoms with Crippen molar-refractivity contribution in [2.75, 3.05) is 52.0 Å². The van der Waals surface area contributed by atoms with Gasteiger partial charge in [-0.2, -0.15) is 5.53 Å². The summed E-state index contributed by atoms with van der Waals surface area (Å²) in [4.78, 5) is 36.4.